The second kappa shape index (κ2) is 7.24. The summed E-state index contributed by atoms with van der Waals surface area (Å²) in [5.74, 6) is -1.41. The van der Waals surface area contributed by atoms with Crippen LogP contribution in [0, 0.1) is 6.92 Å². The van der Waals surface area contributed by atoms with Crippen LogP contribution in [0.5, 0.6) is 0 Å². The lowest BCUT2D eigenvalue weighted by Crippen LogP contribution is -2.14. The molecule has 0 spiro atoms. The number of thiazole rings is 1. The highest BCUT2D eigenvalue weighted by atomic mass is 32.1. The highest BCUT2D eigenvalue weighted by Crippen LogP contribution is 2.31. The lowest BCUT2D eigenvalue weighted by atomic mass is 10.2. The van der Waals surface area contributed by atoms with E-state index in [1.54, 1.807) is 23.5 Å². The van der Waals surface area contributed by atoms with Gasteiger partial charge in [0.15, 0.2) is 5.69 Å². The Morgan fingerprint density at radius 3 is 2.68 bits per heavy atom. The number of carbonyl (C=O) groups is 2. The van der Waals surface area contributed by atoms with E-state index in [-0.39, 0.29) is 12.2 Å². The minimum absolute atomic E-state index is 0.159. The van der Waals surface area contributed by atoms with Gasteiger partial charge in [0.25, 0.3) is 5.91 Å². The zero-order valence-electron chi connectivity index (χ0n) is 14.9. The first-order chi connectivity index (χ1) is 13.5. The Morgan fingerprint density at radius 2 is 1.93 bits per heavy atom. The van der Waals surface area contributed by atoms with Crippen molar-refractivity contribution >= 4 is 39.1 Å². The quantitative estimate of drug-likeness (QED) is 0.538. The maximum atomic E-state index is 12.3. The van der Waals surface area contributed by atoms with Crippen molar-refractivity contribution in [2.75, 3.05) is 5.32 Å². The molecule has 4 aromatic rings. The standard InChI is InChI=1S/C20H16N4O3S/c1-12-2-7-15-17(10-12)28-20(22-15)13-3-5-14(6-4-13)21-19(27)16-8-9-24(23-16)11-18(25)26/h2-10H,11H2,1H3,(H,21,27)(H,25,26). The Bertz CT molecular complexity index is 1180. The predicted molar refractivity (Wildman–Crippen MR) is 108 cm³/mol. The monoisotopic (exact) mass is 392 g/mol. The normalized spacial score (nSPS) is 10.9. The summed E-state index contributed by atoms with van der Waals surface area (Å²) < 4.78 is 2.35. The van der Waals surface area contributed by atoms with Crippen molar-refractivity contribution in [1.29, 1.82) is 0 Å². The van der Waals surface area contributed by atoms with E-state index in [1.165, 1.54) is 22.5 Å². The molecule has 0 aliphatic heterocycles. The first kappa shape index (κ1) is 17.9. The van der Waals surface area contributed by atoms with Crippen molar-refractivity contribution < 1.29 is 14.7 Å². The molecular weight excluding hydrogens is 376 g/mol. The summed E-state index contributed by atoms with van der Waals surface area (Å²) >= 11 is 1.63. The van der Waals surface area contributed by atoms with E-state index in [2.05, 4.69) is 28.4 Å². The van der Waals surface area contributed by atoms with E-state index in [0.717, 1.165) is 20.8 Å². The predicted octanol–water partition coefficient (Wildman–Crippen LogP) is 3.81. The van der Waals surface area contributed by atoms with Gasteiger partial charge in [0.05, 0.1) is 10.2 Å². The zero-order chi connectivity index (χ0) is 19.7. The van der Waals surface area contributed by atoms with Crippen LogP contribution in [0.1, 0.15) is 16.1 Å². The molecule has 0 saturated heterocycles. The Hall–Kier alpha value is -3.52. The summed E-state index contributed by atoms with van der Waals surface area (Å²) in [6.07, 6.45) is 1.46. The number of hydrogen-bond acceptors (Lipinski definition) is 5. The molecule has 0 saturated carbocycles. The molecule has 2 heterocycles. The second-order valence-electron chi connectivity index (χ2n) is 6.31. The van der Waals surface area contributed by atoms with Crippen LogP contribution >= 0.6 is 11.3 Å². The number of anilines is 1. The molecule has 7 nitrogen and oxygen atoms in total. The number of carbonyl (C=O) groups excluding carboxylic acids is 1. The minimum atomic E-state index is -1.02. The molecule has 2 N–H and O–H groups in total. The van der Waals surface area contributed by atoms with Gasteiger partial charge in [-0.3, -0.25) is 14.3 Å². The van der Waals surface area contributed by atoms with Gasteiger partial charge in [-0.15, -0.1) is 11.3 Å². The van der Waals surface area contributed by atoms with Crippen LogP contribution in [0.2, 0.25) is 0 Å². The van der Waals surface area contributed by atoms with Gasteiger partial charge in [-0.1, -0.05) is 6.07 Å². The summed E-state index contributed by atoms with van der Waals surface area (Å²) in [5.41, 5.74) is 3.93. The van der Waals surface area contributed by atoms with E-state index in [4.69, 9.17) is 5.11 Å². The van der Waals surface area contributed by atoms with Crippen LogP contribution in [0.15, 0.2) is 54.7 Å². The maximum absolute atomic E-state index is 12.3. The smallest absolute Gasteiger partial charge is 0.325 e. The zero-order valence-corrected chi connectivity index (χ0v) is 15.7. The van der Waals surface area contributed by atoms with E-state index in [1.807, 2.05) is 24.3 Å². The van der Waals surface area contributed by atoms with Gasteiger partial charge in [-0.05, 0) is 55.0 Å². The van der Waals surface area contributed by atoms with Gasteiger partial charge < -0.3 is 10.4 Å². The SMILES string of the molecule is Cc1ccc2nc(-c3ccc(NC(=O)c4ccn(CC(=O)O)n4)cc3)sc2c1. The summed E-state index contributed by atoms with van der Waals surface area (Å²) in [7, 11) is 0. The average molecular weight is 392 g/mol. The molecule has 0 unspecified atom stereocenters. The largest absolute Gasteiger partial charge is 0.480 e. The number of amides is 1. The Morgan fingerprint density at radius 1 is 1.14 bits per heavy atom. The number of aryl methyl sites for hydroxylation is 1. The van der Waals surface area contributed by atoms with Crippen LogP contribution in [0.4, 0.5) is 5.69 Å². The van der Waals surface area contributed by atoms with Crippen LogP contribution < -0.4 is 5.32 Å². The third-order valence-electron chi connectivity index (χ3n) is 4.10. The van der Waals surface area contributed by atoms with Gasteiger partial charge in [0.1, 0.15) is 11.6 Å². The molecule has 0 bridgehead atoms. The fourth-order valence-corrected chi connectivity index (χ4v) is 3.83. The van der Waals surface area contributed by atoms with E-state index >= 15 is 0 Å². The topological polar surface area (TPSA) is 97.1 Å². The molecule has 0 radical (unpaired) electrons. The summed E-state index contributed by atoms with van der Waals surface area (Å²) in [5, 5.41) is 16.4. The highest BCUT2D eigenvalue weighted by molar-refractivity contribution is 7.21. The van der Waals surface area contributed by atoms with Crippen molar-refractivity contribution in [3.05, 3.63) is 66.0 Å². The molecule has 1 amide bonds. The van der Waals surface area contributed by atoms with Crippen molar-refractivity contribution in [3.63, 3.8) is 0 Å². The highest BCUT2D eigenvalue weighted by Gasteiger charge is 2.12. The fourth-order valence-electron chi connectivity index (χ4n) is 2.76. The van der Waals surface area contributed by atoms with Crippen LogP contribution in [-0.4, -0.2) is 31.7 Å². The molecule has 8 heteroatoms. The third-order valence-corrected chi connectivity index (χ3v) is 5.17. The molecular formula is C20H16N4O3S. The Labute approximate surface area is 164 Å². The number of hydrogen-bond donors (Lipinski definition) is 2. The number of carboxylic acid groups (broad SMARTS) is 1. The Balaban J connectivity index is 1.48. The number of aliphatic carboxylic acids is 1. The van der Waals surface area contributed by atoms with Crippen molar-refractivity contribution in [1.82, 2.24) is 14.8 Å². The number of nitrogens with zero attached hydrogens (tertiary/aromatic N) is 3. The van der Waals surface area contributed by atoms with Crippen LogP contribution in [0.25, 0.3) is 20.8 Å². The van der Waals surface area contributed by atoms with E-state index < -0.39 is 11.9 Å². The van der Waals surface area contributed by atoms with Gasteiger partial charge in [-0.2, -0.15) is 5.10 Å². The Kier molecular flexibility index (Phi) is 4.62. The number of fused-ring (bicyclic) bond motifs is 1. The molecule has 0 atom stereocenters. The lowest BCUT2D eigenvalue weighted by molar-refractivity contribution is -0.137. The van der Waals surface area contributed by atoms with Crippen molar-refractivity contribution in [3.8, 4) is 10.6 Å². The number of benzene rings is 2. The van der Waals surface area contributed by atoms with Gasteiger partial charge in [0.2, 0.25) is 0 Å². The van der Waals surface area contributed by atoms with E-state index in [0.29, 0.717) is 5.69 Å². The molecule has 0 fully saturated rings. The van der Waals surface area contributed by atoms with E-state index in [9.17, 15) is 9.59 Å². The van der Waals surface area contributed by atoms with Crippen molar-refractivity contribution in [2.24, 2.45) is 0 Å². The van der Waals surface area contributed by atoms with Gasteiger partial charge in [0, 0.05) is 17.4 Å². The summed E-state index contributed by atoms with van der Waals surface area (Å²) in [6, 6.07) is 15.1. The van der Waals surface area contributed by atoms with Crippen LogP contribution in [0.3, 0.4) is 0 Å². The number of nitrogens with one attached hydrogen (secondary N) is 1. The van der Waals surface area contributed by atoms with Gasteiger partial charge >= 0.3 is 5.97 Å². The van der Waals surface area contributed by atoms with Crippen LogP contribution in [-0.2, 0) is 11.3 Å². The molecule has 2 aromatic heterocycles. The van der Waals surface area contributed by atoms with Gasteiger partial charge in [-0.25, -0.2) is 4.98 Å². The third kappa shape index (κ3) is 3.77. The number of carboxylic acids is 1. The number of rotatable bonds is 5. The summed E-state index contributed by atoms with van der Waals surface area (Å²) in [4.78, 5) is 27.6. The molecule has 140 valence electrons. The first-order valence-electron chi connectivity index (χ1n) is 8.52. The average Bonchev–Trinajstić information content (AvgIpc) is 3.28. The lowest BCUT2D eigenvalue weighted by Gasteiger charge is -2.04. The summed E-state index contributed by atoms with van der Waals surface area (Å²) in [6.45, 7) is 1.77. The molecule has 28 heavy (non-hydrogen) atoms. The minimum Gasteiger partial charge on any atom is -0.480 e. The maximum Gasteiger partial charge on any atom is 0.325 e. The number of aromatic nitrogens is 3. The molecule has 0 aliphatic rings. The molecule has 2 aromatic carbocycles. The fraction of sp³-hybridized carbons (Fsp3) is 0.100. The molecule has 4 rings (SSSR count). The second-order valence-corrected chi connectivity index (χ2v) is 7.34. The van der Waals surface area contributed by atoms with Crippen molar-refractivity contribution in [2.45, 2.75) is 13.5 Å². The molecule has 0 aliphatic carbocycles. The first-order valence-corrected chi connectivity index (χ1v) is 9.34.